The fourth-order valence-corrected chi connectivity index (χ4v) is 4.31. The van der Waals surface area contributed by atoms with E-state index in [1.54, 1.807) is 31.9 Å². The van der Waals surface area contributed by atoms with E-state index in [0.717, 1.165) is 0 Å². The zero-order chi connectivity index (χ0) is 19.4. The quantitative estimate of drug-likeness (QED) is 0.537. The molecule has 2 aromatic rings. The number of thioether (sulfide) groups is 1. The van der Waals surface area contributed by atoms with Crippen LogP contribution in [0, 0.1) is 0 Å². The van der Waals surface area contributed by atoms with E-state index < -0.39 is 5.54 Å². The number of carbonyl (C=O) groups excluding carboxylic acids is 2. The number of ether oxygens (including phenoxy) is 1. The molecule has 1 aromatic carbocycles. The first-order valence-electron chi connectivity index (χ1n) is 8.36. The summed E-state index contributed by atoms with van der Waals surface area (Å²) in [4.78, 5) is 27.0. The van der Waals surface area contributed by atoms with E-state index in [2.05, 4.69) is 20.8 Å². The van der Waals surface area contributed by atoms with E-state index in [4.69, 9.17) is 4.74 Å². The second kappa shape index (κ2) is 8.24. The van der Waals surface area contributed by atoms with Crippen molar-refractivity contribution in [2.45, 2.75) is 23.7 Å². The average molecular weight is 408 g/mol. The normalized spacial score (nSPS) is 15.2. The van der Waals surface area contributed by atoms with Gasteiger partial charge in [-0.3, -0.25) is 14.5 Å². The summed E-state index contributed by atoms with van der Waals surface area (Å²) in [7, 11) is 1.63. The molecule has 0 fully saturated rings. The van der Waals surface area contributed by atoms with Crippen LogP contribution in [0.25, 0.3) is 0 Å². The average Bonchev–Trinajstić information content (AvgIpc) is 3.09. The first kappa shape index (κ1) is 19.6. The van der Waals surface area contributed by atoms with E-state index in [1.807, 2.05) is 18.2 Å². The van der Waals surface area contributed by atoms with Gasteiger partial charge in [0, 0.05) is 13.7 Å². The fourth-order valence-electron chi connectivity index (χ4n) is 2.69. The monoisotopic (exact) mass is 407 g/mol. The van der Waals surface area contributed by atoms with E-state index >= 15 is 0 Å². The van der Waals surface area contributed by atoms with Crippen LogP contribution in [0.3, 0.4) is 0 Å². The number of para-hydroxylation sites is 2. The van der Waals surface area contributed by atoms with Crippen molar-refractivity contribution in [3.63, 3.8) is 0 Å². The highest BCUT2D eigenvalue weighted by Gasteiger charge is 2.43. The summed E-state index contributed by atoms with van der Waals surface area (Å²) in [5.74, 6) is -0.200. The van der Waals surface area contributed by atoms with Gasteiger partial charge in [-0.05, 0) is 26.0 Å². The van der Waals surface area contributed by atoms with Crippen molar-refractivity contribution >= 4 is 51.4 Å². The van der Waals surface area contributed by atoms with E-state index in [9.17, 15) is 9.59 Å². The first-order valence-corrected chi connectivity index (χ1v) is 10.2. The van der Waals surface area contributed by atoms with Gasteiger partial charge in [-0.25, -0.2) is 0 Å². The zero-order valence-electron chi connectivity index (χ0n) is 15.3. The summed E-state index contributed by atoms with van der Waals surface area (Å²) in [5, 5.41) is 14.8. The van der Waals surface area contributed by atoms with Crippen LogP contribution in [0.4, 0.5) is 16.5 Å². The molecule has 0 saturated carbocycles. The van der Waals surface area contributed by atoms with Crippen molar-refractivity contribution in [2.24, 2.45) is 0 Å². The molecular formula is C17H21N5O3S2. The number of amides is 2. The maximum Gasteiger partial charge on any atom is 0.250 e. The molecule has 0 unspecified atom stereocenters. The highest BCUT2D eigenvalue weighted by atomic mass is 32.2. The minimum atomic E-state index is -0.972. The fraction of sp³-hybridized carbons (Fsp3) is 0.412. The van der Waals surface area contributed by atoms with Gasteiger partial charge in [0.2, 0.25) is 16.9 Å². The lowest BCUT2D eigenvalue weighted by molar-refractivity contribution is -0.125. The Hall–Kier alpha value is -2.17. The SMILES string of the molecule is COCCNc1nnc(SCC(=O)N2c3ccccc3NC(=O)C2(C)C)s1. The molecule has 10 heteroatoms. The Balaban J connectivity index is 1.69. The predicted octanol–water partition coefficient (Wildman–Crippen LogP) is 2.45. The second-order valence-corrected chi connectivity index (χ2v) is 8.54. The van der Waals surface area contributed by atoms with Gasteiger partial charge in [0.1, 0.15) is 5.54 Å². The zero-order valence-corrected chi connectivity index (χ0v) is 16.9. The van der Waals surface area contributed by atoms with Crippen LogP contribution in [-0.2, 0) is 14.3 Å². The van der Waals surface area contributed by atoms with Crippen LogP contribution in [0.1, 0.15) is 13.8 Å². The number of benzene rings is 1. The molecule has 0 aliphatic carbocycles. The van der Waals surface area contributed by atoms with Gasteiger partial charge in [0.05, 0.1) is 23.7 Å². The third-order valence-corrected chi connectivity index (χ3v) is 6.06. The molecule has 1 aromatic heterocycles. The molecule has 144 valence electrons. The first-order chi connectivity index (χ1) is 12.9. The van der Waals surface area contributed by atoms with Crippen molar-refractivity contribution < 1.29 is 14.3 Å². The van der Waals surface area contributed by atoms with Gasteiger partial charge in [-0.15, -0.1) is 10.2 Å². The van der Waals surface area contributed by atoms with Crippen LogP contribution in [0.15, 0.2) is 28.6 Å². The van der Waals surface area contributed by atoms with Crippen LogP contribution >= 0.6 is 23.1 Å². The number of aromatic nitrogens is 2. The highest BCUT2D eigenvalue weighted by molar-refractivity contribution is 8.01. The Kier molecular flexibility index (Phi) is 5.98. The standard InChI is InChI=1S/C17H21N5O3S2/c1-17(2)14(24)19-11-6-4-5-7-12(11)22(17)13(23)10-26-16-21-20-15(27-16)18-8-9-25-3/h4-7H,8-10H2,1-3H3,(H,18,20)(H,19,24). The van der Waals surface area contributed by atoms with Crippen molar-refractivity contribution in [1.82, 2.24) is 10.2 Å². The molecule has 0 atom stereocenters. The second-order valence-electron chi connectivity index (χ2n) is 6.34. The topological polar surface area (TPSA) is 96.4 Å². The number of nitrogens with zero attached hydrogens (tertiary/aromatic N) is 3. The Morgan fingerprint density at radius 3 is 2.93 bits per heavy atom. The summed E-state index contributed by atoms with van der Waals surface area (Å²) in [6, 6.07) is 7.30. The van der Waals surface area contributed by atoms with Crippen LogP contribution in [0.5, 0.6) is 0 Å². The van der Waals surface area contributed by atoms with Crippen LogP contribution in [0.2, 0.25) is 0 Å². The van der Waals surface area contributed by atoms with Crippen LogP contribution in [-0.4, -0.2) is 53.6 Å². The van der Waals surface area contributed by atoms with E-state index in [1.165, 1.54) is 23.1 Å². The van der Waals surface area contributed by atoms with E-state index in [0.29, 0.717) is 34.0 Å². The van der Waals surface area contributed by atoms with Crippen molar-refractivity contribution in [1.29, 1.82) is 0 Å². The Morgan fingerprint density at radius 2 is 2.15 bits per heavy atom. The summed E-state index contributed by atoms with van der Waals surface area (Å²) >= 11 is 2.69. The Morgan fingerprint density at radius 1 is 1.37 bits per heavy atom. The van der Waals surface area contributed by atoms with Gasteiger partial charge in [0.15, 0.2) is 4.34 Å². The summed E-state index contributed by atoms with van der Waals surface area (Å²) in [6.45, 7) is 4.70. The minimum Gasteiger partial charge on any atom is -0.383 e. The molecule has 2 N–H and O–H groups in total. The molecular weight excluding hydrogens is 386 g/mol. The molecule has 2 amide bonds. The number of carbonyl (C=O) groups is 2. The Labute approximate surface area is 165 Å². The molecule has 1 aliphatic heterocycles. The summed E-state index contributed by atoms with van der Waals surface area (Å²) in [6.07, 6.45) is 0. The molecule has 8 nitrogen and oxygen atoms in total. The predicted molar refractivity (Wildman–Crippen MR) is 108 cm³/mol. The van der Waals surface area contributed by atoms with Gasteiger partial charge in [0.25, 0.3) is 0 Å². The van der Waals surface area contributed by atoms with Crippen LogP contribution < -0.4 is 15.5 Å². The summed E-state index contributed by atoms with van der Waals surface area (Å²) < 4.78 is 5.67. The number of methoxy groups -OCH3 is 1. The van der Waals surface area contributed by atoms with Gasteiger partial charge >= 0.3 is 0 Å². The molecule has 0 radical (unpaired) electrons. The largest absolute Gasteiger partial charge is 0.383 e. The summed E-state index contributed by atoms with van der Waals surface area (Å²) in [5.41, 5.74) is 0.368. The maximum absolute atomic E-state index is 13.0. The highest BCUT2D eigenvalue weighted by Crippen LogP contribution is 2.37. The number of nitrogens with one attached hydrogen (secondary N) is 2. The number of fused-ring (bicyclic) bond motifs is 1. The van der Waals surface area contributed by atoms with Gasteiger partial charge < -0.3 is 15.4 Å². The van der Waals surface area contributed by atoms with Crippen molar-refractivity contribution in [2.75, 3.05) is 41.5 Å². The maximum atomic E-state index is 13.0. The van der Waals surface area contributed by atoms with Gasteiger partial charge in [-0.2, -0.15) is 0 Å². The van der Waals surface area contributed by atoms with Gasteiger partial charge in [-0.1, -0.05) is 35.2 Å². The molecule has 27 heavy (non-hydrogen) atoms. The molecule has 0 spiro atoms. The molecule has 2 heterocycles. The minimum absolute atomic E-state index is 0.156. The number of anilines is 3. The van der Waals surface area contributed by atoms with Crippen molar-refractivity contribution in [3.8, 4) is 0 Å². The lowest BCUT2D eigenvalue weighted by Gasteiger charge is -2.42. The molecule has 1 aliphatic rings. The molecule has 0 saturated heterocycles. The smallest absolute Gasteiger partial charge is 0.250 e. The Bertz CT molecular complexity index is 839. The number of hydrogen-bond acceptors (Lipinski definition) is 8. The third-order valence-electron chi connectivity index (χ3n) is 4.07. The number of hydrogen-bond donors (Lipinski definition) is 2. The van der Waals surface area contributed by atoms with E-state index in [-0.39, 0.29) is 17.6 Å². The molecule has 3 rings (SSSR count). The molecule has 0 bridgehead atoms. The lowest BCUT2D eigenvalue weighted by atomic mass is 9.96. The number of rotatable bonds is 7. The third kappa shape index (κ3) is 4.23. The van der Waals surface area contributed by atoms with Crippen molar-refractivity contribution in [3.05, 3.63) is 24.3 Å². The lowest BCUT2D eigenvalue weighted by Crippen LogP contribution is -2.58.